The van der Waals surface area contributed by atoms with Crippen LogP contribution in [0.3, 0.4) is 0 Å². The fourth-order valence-corrected chi connectivity index (χ4v) is 4.60. The van der Waals surface area contributed by atoms with Crippen molar-refractivity contribution in [2.24, 2.45) is 0 Å². The average molecular weight is 512 g/mol. The Morgan fingerprint density at radius 3 is 2.18 bits per heavy atom. The Balaban J connectivity index is 1.51. The van der Waals surface area contributed by atoms with E-state index in [2.05, 4.69) is 17.4 Å². The maximum atomic E-state index is 13.4. The van der Waals surface area contributed by atoms with Crippen molar-refractivity contribution in [3.8, 4) is 0 Å². The van der Waals surface area contributed by atoms with Gasteiger partial charge in [-0.15, -0.1) is 0 Å². The third-order valence-electron chi connectivity index (χ3n) is 5.62. The minimum atomic E-state index is -0.689. The number of halogens is 2. The molecule has 1 heterocycles. The van der Waals surface area contributed by atoms with Crippen LogP contribution in [0.5, 0.6) is 0 Å². The quantitative estimate of drug-likeness (QED) is 0.379. The van der Waals surface area contributed by atoms with Gasteiger partial charge in [0, 0.05) is 22.3 Å². The van der Waals surface area contributed by atoms with Gasteiger partial charge in [0.1, 0.15) is 6.04 Å². The van der Waals surface area contributed by atoms with E-state index in [4.69, 9.17) is 35.4 Å². The zero-order chi connectivity index (χ0) is 24.1. The molecule has 8 heteroatoms. The van der Waals surface area contributed by atoms with Gasteiger partial charge in [0.25, 0.3) is 5.91 Å². The summed E-state index contributed by atoms with van der Waals surface area (Å²) in [6.45, 7) is 0.558. The average Bonchev–Trinajstić information content (AvgIpc) is 3.06. The van der Waals surface area contributed by atoms with E-state index in [-0.39, 0.29) is 18.2 Å². The summed E-state index contributed by atoms with van der Waals surface area (Å²) in [6.07, 6.45) is 1.62. The predicted molar refractivity (Wildman–Crippen MR) is 141 cm³/mol. The first-order valence-corrected chi connectivity index (χ1v) is 12.1. The molecule has 1 aliphatic heterocycles. The molecule has 1 fully saturated rings. The van der Waals surface area contributed by atoms with Crippen molar-refractivity contribution in [3.63, 3.8) is 0 Å². The molecule has 1 unspecified atom stereocenters. The third kappa shape index (κ3) is 5.76. The largest absolute Gasteiger partial charge is 0.336 e. The van der Waals surface area contributed by atoms with Crippen molar-refractivity contribution in [1.29, 1.82) is 0 Å². The van der Waals surface area contributed by atoms with E-state index in [1.807, 2.05) is 23.1 Å². The van der Waals surface area contributed by atoms with Crippen LogP contribution in [0.1, 0.15) is 18.4 Å². The highest BCUT2D eigenvalue weighted by Gasteiger charge is 2.43. The molecule has 5 nitrogen and oxygen atoms in total. The molecule has 0 spiro atoms. The summed E-state index contributed by atoms with van der Waals surface area (Å²) in [5.74, 6) is -0.493. The fourth-order valence-electron chi connectivity index (χ4n) is 3.93. The molecule has 3 aromatic carbocycles. The van der Waals surface area contributed by atoms with Crippen molar-refractivity contribution in [3.05, 3.63) is 94.5 Å². The van der Waals surface area contributed by atoms with Gasteiger partial charge in [-0.2, -0.15) is 0 Å². The molecule has 34 heavy (non-hydrogen) atoms. The van der Waals surface area contributed by atoms with Crippen LogP contribution in [0.25, 0.3) is 0 Å². The number of anilines is 2. The van der Waals surface area contributed by atoms with Gasteiger partial charge in [-0.1, -0.05) is 53.5 Å². The van der Waals surface area contributed by atoms with E-state index in [1.54, 1.807) is 48.5 Å². The second-order valence-electron chi connectivity index (χ2n) is 7.99. The summed E-state index contributed by atoms with van der Waals surface area (Å²) in [5.41, 5.74) is 2.46. The Kier molecular flexibility index (Phi) is 7.83. The lowest BCUT2D eigenvalue weighted by molar-refractivity contribution is -0.124. The lowest BCUT2D eigenvalue weighted by atomic mass is 10.1. The number of nitrogens with zero attached hydrogens (tertiary/aromatic N) is 2. The van der Waals surface area contributed by atoms with Crippen LogP contribution in [-0.2, 0) is 16.0 Å². The Hall–Kier alpha value is -2.93. The van der Waals surface area contributed by atoms with Crippen molar-refractivity contribution in [1.82, 2.24) is 4.90 Å². The molecular weight excluding hydrogens is 489 g/mol. The molecule has 1 atom stereocenters. The molecule has 2 amide bonds. The van der Waals surface area contributed by atoms with Gasteiger partial charge in [0.2, 0.25) is 5.91 Å². The molecule has 0 saturated carbocycles. The maximum Gasteiger partial charge on any atom is 0.256 e. The predicted octanol–water partition coefficient (Wildman–Crippen LogP) is 5.96. The number of thiocarbonyl (C=S) groups is 1. The highest BCUT2D eigenvalue weighted by molar-refractivity contribution is 7.80. The molecule has 4 rings (SSSR count). The summed E-state index contributed by atoms with van der Waals surface area (Å²) < 4.78 is 0. The molecular formula is C26H23Cl2N3O2S. The fraction of sp³-hybridized carbons (Fsp3) is 0.192. The van der Waals surface area contributed by atoms with E-state index in [1.165, 1.54) is 10.5 Å². The molecule has 0 bridgehead atoms. The van der Waals surface area contributed by atoms with Gasteiger partial charge in [-0.05, 0) is 79.2 Å². The molecule has 0 radical (unpaired) electrons. The van der Waals surface area contributed by atoms with Gasteiger partial charge in [-0.25, -0.2) is 0 Å². The summed E-state index contributed by atoms with van der Waals surface area (Å²) in [6, 6.07) is 23.2. The topological polar surface area (TPSA) is 52.7 Å². The van der Waals surface area contributed by atoms with Crippen LogP contribution in [0, 0.1) is 0 Å². The van der Waals surface area contributed by atoms with Crippen LogP contribution in [0.15, 0.2) is 78.9 Å². The van der Waals surface area contributed by atoms with Crippen molar-refractivity contribution in [2.75, 3.05) is 16.8 Å². The first kappa shape index (κ1) is 24.2. The molecule has 0 aromatic heterocycles. The summed E-state index contributed by atoms with van der Waals surface area (Å²) in [4.78, 5) is 29.6. The number of nitrogens with one attached hydrogen (secondary N) is 1. The van der Waals surface area contributed by atoms with E-state index in [9.17, 15) is 9.59 Å². The van der Waals surface area contributed by atoms with E-state index in [0.717, 1.165) is 12.8 Å². The zero-order valence-electron chi connectivity index (χ0n) is 18.3. The van der Waals surface area contributed by atoms with Crippen molar-refractivity contribution < 1.29 is 9.59 Å². The Bertz CT molecular complexity index is 1170. The maximum absolute atomic E-state index is 13.4. The lowest BCUT2D eigenvalue weighted by Gasteiger charge is -2.24. The normalized spacial score (nSPS) is 15.6. The Labute approximate surface area is 214 Å². The van der Waals surface area contributed by atoms with Crippen molar-refractivity contribution >= 4 is 63.7 Å². The molecule has 1 N–H and O–H groups in total. The third-order valence-corrected chi connectivity index (χ3v) is 6.54. The van der Waals surface area contributed by atoms with Crippen molar-refractivity contribution in [2.45, 2.75) is 25.3 Å². The number of aryl methyl sites for hydroxylation is 1. The van der Waals surface area contributed by atoms with Gasteiger partial charge < -0.3 is 10.2 Å². The molecule has 1 aliphatic rings. The molecule has 1 saturated heterocycles. The summed E-state index contributed by atoms with van der Waals surface area (Å²) in [7, 11) is 0. The van der Waals surface area contributed by atoms with Crippen LogP contribution >= 0.6 is 35.4 Å². The summed E-state index contributed by atoms with van der Waals surface area (Å²) in [5, 5.41) is 4.38. The minimum absolute atomic E-state index is 0.0168. The lowest BCUT2D eigenvalue weighted by Crippen LogP contribution is -2.38. The van der Waals surface area contributed by atoms with E-state index in [0.29, 0.717) is 33.1 Å². The number of rotatable bonds is 8. The second-order valence-corrected chi connectivity index (χ2v) is 9.23. The highest BCUT2D eigenvalue weighted by atomic mass is 35.5. The van der Waals surface area contributed by atoms with E-state index >= 15 is 0 Å². The summed E-state index contributed by atoms with van der Waals surface area (Å²) >= 11 is 17.7. The molecule has 0 aliphatic carbocycles. The van der Waals surface area contributed by atoms with Crippen LogP contribution < -0.4 is 10.2 Å². The number of carbonyl (C=O) groups excluding carboxylic acids is 2. The number of carbonyl (C=O) groups is 2. The van der Waals surface area contributed by atoms with Crippen LogP contribution in [0.2, 0.25) is 10.0 Å². The monoisotopic (exact) mass is 511 g/mol. The zero-order valence-corrected chi connectivity index (χ0v) is 20.6. The van der Waals surface area contributed by atoms with Gasteiger partial charge in [0.15, 0.2) is 5.11 Å². The first-order chi connectivity index (χ1) is 16.4. The van der Waals surface area contributed by atoms with Gasteiger partial charge in [0.05, 0.1) is 12.1 Å². The van der Waals surface area contributed by atoms with Gasteiger partial charge in [-0.3, -0.25) is 14.5 Å². The first-order valence-electron chi connectivity index (χ1n) is 10.9. The highest BCUT2D eigenvalue weighted by Crippen LogP contribution is 2.29. The Morgan fingerprint density at radius 1 is 0.912 bits per heavy atom. The van der Waals surface area contributed by atoms with E-state index < -0.39 is 6.04 Å². The second kappa shape index (κ2) is 11.0. The SMILES string of the molecule is O=C(CC1C(=O)N(c2ccc(Cl)cc2)C(=S)N1CCCc1ccccc1)Nc1ccc(Cl)cc1. The molecule has 174 valence electrons. The minimum Gasteiger partial charge on any atom is -0.336 e. The number of amides is 2. The number of hydrogen-bond acceptors (Lipinski definition) is 3. The number of hydrogen-bond donors (Lipinski definition) is 1. The molecule has 3 aromatic rings. The van der Waals surface area contributed by atoms with Crippen LogP contribution in [0.4, 0.5) is 11.4 Å². The van der Waals surface area contributed by atoms with Crippen LogP contribution in [-0.4, -0.2) is 34.4 Å². The smallest absolute Gasteiger partial charge is 0.256 e. The van der Waals surface area contributed by atoms with Gasteiger partial charge >= 0.3 is 0 Å². The number of benzene rings is 3. The Morgan fingerprint density at radius 2 is 1.53 bits per heavy atom. The standard InChI is InChI=1S/C26H23Cl2N3O2S/c27-19-8-12-21(13-9-19)29-24(32)17-23-25(33)31(22-14-10-20(28)11-15-22)26(34)30(23)16-4-7-18-5-2-1-3-6-18/h1-3,5-6,8-15,23H,4,7,16-17H2,(H,29,32).